The largest absolute Gasteiger partial charge is 0.276 e. The first-order chi connectivity index (χ1) is 6.99. The fraction of sp³-hybridized carbons (Fsp3) is 0.125. The molecule has 1 heterocycles. The van der Waals surface area contributed by atoms with Gasteiger partial charge in [0.2, 0.25) is 0 Å². The van der Waals surface area contributed by atoms with Crippen molar-refractivity contribution in [2.45, 2.75) is 6.43 Å². The highest BCUT2D eigenvalue weighted by atomic mass is 127. The molecule has 0 unspecified atom stereocenters. The monoisotopic (exact) mass is 342 g/mol. The van der Waals surface area contributed by atoms with Crippen LogP contribution in [0.1, 0.15) is 28.0 Å². The summed E-state index contributed by atoms with van der Waals surface area (Å²) in [4.78, 5) is 14.3. The van der Waals surface area contributed by atoms with Crippen molar-refractivity contribution >= 4 is 39.4 Å². The summed E-state index contributed by atoms with van der Waals surface area (Å²) in [6, 6.07) is 1.53. The Morgan fingerprint density at radius 1 is 1.67 bits per heavy atom. The number of aromatic nitrogens is 1. The lowest BCUT2D eigenvalue weighted by atomic mass is 10.1. The Bertz CT molecular complexity index is 459. The lowest BCUT2D eigenvalue weighted by Gasteiger charge is -2.07. The molecule has 0 aliphatic rings. The van der Waals surface area contributed by atoms with Crippen LogP contribution >= 0.6 is 34.2 Å². The van der Waals surface area contributed by atoms with Gasteiger partial charge in [-0.25, -0.2) is 13.8 Å². The number of carbonyl (C=O) groups is 1. The van der Waals surface area contributed by atoms with Crippen molar-refractivity contribution in [2.75, 3.05) is 0 Å². The molecule has 0 saturated heterocycles. The van der Waals surface area contributed by atoms with Gasteiger partial charge in [0.15, 0.2) is 0 Å². The van der Waals surface area contributed by atoms with Crippen molar-refractivity contribution in [1.82, 2.24) is 4.98 Å². The molecule has 0 bridgehead atoms. The molecule has 7 heteroatoms. The van der Waals surface area contributed by atoms with Gasteiger partial charge in [0.25, 0.3) is 11.7 Å². The van der Waals surface area contributed by atoms with E-state index in [1.807, 2.05) is 0 Å². The Hall–Kier alpha value is -0.810. The predicted octanol–water partition coefficient (Wildman–Crippen LogP) is 2.87. The Labute approximate surface area is 102 Å². The molecular formula is C8H2ClF2IN2O. The van der Waals surface area contributed by atoms with Gasteiger partial charge >= 0.3 is 0 Å². The van der Waals surface area contributed by atoms with Gasteiger partial charge in [-0.05, 0) is 34.2 Å². The zero-order chi connectivity index (χ0) is 11.6. The molecule has 1 rings (SSSR count). The second-order valence-electron chi connectivity index (χ2n) is 2.43. The number of alkyl halides is 2. The van der Waals surface area contributed by atoms with Crippen molar-refractivity contribution in [1.29, 1.82) is 5.26 Å². The standard InChI is InChI=1S/C8H2ClF2IN2O/c9-7(15)3-2-14-4(1-13)5(6(3)12)8(10)11/h2,8H. The van der Waals surface area contributed by atoms with Gasteiger partial charge < -0.3 is 0 Å². The zero-order valence-electron chi connectivity index (χ0n) is 6.97. The summed E-state index contributed by atoms with van der Waals surface area (Å²) in [6.07, 6.45) is -1.85. The predicted molar refractivity (Wildman–Crippen MR) is 56.8 cm³/mol. The molecule has 0 spiro atoms. The minimum absolute atomic E-state index is 0.0332. The zero-order valence-corrected chi connectivity index (χ0v) is 9.88. The van der Waals surface area contributed by atoms with E-state index in [9.17, 15) is 13.6 Å². The van der Waals surface area contributed by atoms with Crippen LogP contribution < -0.4 is 0 Å². The lowest BCUT2D eigenvalue weighted by molar-refractivity contribution is 0.107. The number of nitriles is 1. The topological polar surface area (TPSA) is 53.8 Å². The third-order valence-corrected chi connectivity index (χ3v) is 2.95. The summed E-state index contributed by atoms with van der Waals surface area (Å²) in [5.41, 5.74) is -1.06. The Morgan fingerprint density at radius 3 is 2.67 bits per heavy atom. The average molecular weight is 342 g/mol. The number of hydrogen-bond donors (Lipinski definition) is 0. The molecule has 1 aromatic heterocycles. The second-order valence-corrected chi connectivity index (χ2v) is 3.86. The van der Waals surface area contributed by atoms with E-state index in [0.717, 1.165) is 6.20 Å². The van der Waals surface area contributed by atoms with E-state index in [1.165, 1.54) is 6.07 Å². The summed E-state index contributed by atoms with van der Waals surface area (Å²) in [7, 11) is 0. The molecule has 0 amide bonds. The second kappa shape index (κ2) is 4.81. The maximum absolute atomic E-state index is 12.6. The Balaban J connectivity index is 3.51. The van der Waals surface area contributed by atoms with Crippen LogP contribution in [0.5, 0.6) is 0 Å². The number of hydrogen-bond acceptors (Lipinski definition) is 3. The van der Waals surface area contributed by atoms with Crippen LogP contribution in [0.4, 0.5) is 8.78 Å². The number of pyridine rings is 1. The molecule has 0 aliphatic heterocycles. The Morgan fingerprint density at radius 2 is 2.27 bits per heavy atom. The molecule has 0 aromatic carbocycles. The van der Waals surface area contributed by atoms with Gasteiger partial charge in [0, 0.05) is 9.77 Å². The summed E-state index contributed by atoms with van der Waals surface area (Å²) < 4.78 is 25.1. The normalized spacial score (nSPS) is 10.1. The van der Waals surface area contributed by atoms with Crippen LogP contribution in [-0.4, -0.2) is 10.2 Å². The molecule has 0 atom stereocenters. The van der Waals surface area contributed by atoms with Gasteiger partial charge in [-0.2, -0.15) is 5.26 Å². The number of halogens is 4. The maximum Gasteiger partial charge on any atom is 0.267 e. The van der Waals surface area contributed by atoms with Crippen LogP contribution in [0.2, 0.25) is 0 Å². The minimum atomic E-state index is -2.87. The van der Waals surface area contributed by atoms with Crippen molar-refractivity contribution in [3.63, 3.8) is 0 Å². The van der Waals surface area contributed by atoms with E-state index in [0.29, 0.717) is 0 Å². The van der Waals surface area contributed by atoms with Crippen LogP contribution in [0, 0.1) is 14.9 Å². The maximum atomic E-state index is 12.6. The highest BCUT2D eigenvalue weighted by molar-refractivity contribution is 14.1. The molecule has 3 nitrogen and oxygen atoms in total. The van der Waals surface area contributed by atoms with Crippen molar-refractivity contribution in [2.24, 2.45) is 0 Å². The summed E-state index contributed by atoms with van der Waals surface area (Å²) in [5, 5.41) is 7.68. The fourth-order valence-electron chi connectivity index (χ4n) is 0.930. The van der Waals surface area contributed by atoms with E-state index in [1.54, 1.807) is 22.6 Å². The molecule has 1 aromatic rings. The van der Waals surface area contributed by atoms with E-state index in [4.69, 9.17) is 16.9 Å². The van der Waals surface area contributed by atoms with Crippen LogP contribution in [0.25, 0.3) is 0 Å². The first kappa shape index (κ1) is 12.3. The van der Waals surface area contributed by atoms with Crippen molar-refractivity contribution < 1.29 is 13.6 Å². The molecular weight excluding hydrogens is 340 g/mol. The summed E-state index contributed by atoms with van der Waals surface area (Å²) in [5.74, 6) is 0. The van der Waals surface area contributed by atoms with E-state index < -0.39 is 22.9 Å². The highest BCUT2D eigenvalue weighted by Gasteiger charge is 2.22. The average Bonchev–Trinajstić information content (AvgIpc) is 2.15. The smallest absolute Gasteiger partial charge is 0.267 e. The van der Waals surface area contributed by atoms with Gasteiger partial charge in [-0.15, -0.1) is 0 Å². The first-order valence-corrected chi connectivity index (χ1v) is 5.01. The number of nitrogens with zero attached hydrogens (tertiary/aromatic N) is 2. The van der Waals surface area contributed by atoms with Gasteiger partial charge in [0.1, 0.15) is 11.8 Å². The third-order valence-electron chi connectivity index (χ3n) is 1.59. The fourth-order valence-corrected chi connectivity index (χ4v) is 2.11. The van der Waals surface area contributed by atoms with Crippen LogP contribution in [0.3, 0.4) is 0 Å². The van der Waals surface area contributed by atoms with Crippen molar-refractivity contribution in [3.8, 4) is 6.07 Å². The molecule has 0 saturated carbocycles. The first-order valence-electron chi connectivity index (χ1n) is 3.55. The van der Waals surface area contributed by atoms with E-state index in [-0.39, 0.29) is 9.13 Å². The summed E-state index contributed by atoms with van der Waals surface area (Å²) in [6.45, 7) is 0. The molecule has 0 N–H and O–H groups in total. The molecule has 0 aliphatic carbocycles. The Kier molecular flexibility index (Phi) is 3.93. The molecule has 0 radical (unpaired) electrons. The van der Waals surface area contributed by atoms with Gasteiger partial charge in [-0.1, -0.05) is 0 Å². The molecule has 15 heavy (non-hydrogen) atoms. The van der Waals surface area contributed by atoms with Gasteiger partial charge in [0.05, 0.1) is 11.1 Å². The molecule has 0 fully saturated rings. The lowest BCUT2D eigenvalue weighted by Crippen LogP contribution is -2.04. The number of rotatable bonds is 2. The number of carbonyl (C=O) groups excluding carboxylic acids is 1. The molecule has 78 valence electrons. The van der Waals surface area contributed by atoms with E-state index >= 15 is 0 Å². The SMILES string of the molecule is N#Cc1ncc(C(=O)Cl)c(I)c1C(F)F. The van der Waals surface area contributed by atoms with Gasteiger partial charge in [-0.3, -0.25) is 4.79 Å². The summed E-state index contributed by atoms with van der Waals surface area (Å²) >= 11 is 6.71. The van der Waals surface area contributed by atoms with Crippen LogP contribution in [0.15, 0.2) is 6.20 Å². The third kappa shape index (κ3) is 2.41. The highest BCUT2D eigenvalue weighted by Crippen LogP contribution is 2.29. The quantitative estimate of drug-likeness (QED) is 0.613. The van der Waals surface area contributed by atoms with Crippen molar-refractivity contribution in [3.05, 3.63) is 26.6 Å². The van der Waals surface area contributed by atoms with Crippen LogP contribution in [-0.2, 0) is 0 Å². The minimum Gasteiger partial charge on any atom is -0.276 e. The van der Waals surface area contributed by atoms with E-state index in [2.05, 4.69) is 4.98 Å².